The number of ether oxygens (including phenoxy) is 3. The van der Waals surface area contributed by atoms with Gasteiger partial charge in [0.05, 0.1) is 25.3 Å². The van der Waals surface area contributed by atoms with Gasteiger partial charge < -0.3 is 19.5 Å². The number of fused-ring (bicyclic) bond motifs is 1. The topological polar surface area (TPSA) is 73.9 Å². The van der Waals surface area contributed by atoms with Gasteiger partial charge in [-0.1, -0.05) is 0 Å². The summed E-state index contributed by atoms with van der Waals surface area (Å²) in [4.78, 5) is 23.9. The van der Waals surface area contributed by atoms with Gasteiger partial charge in [-0.3, -0.25) is 0 Å². The van der Waals surface area contributed by atoms with E-state index in [4.69, 9.17) is 14.2 Å². The van der Waals surface area contributed by atoms with Crippen molar-refractivity contribution >= 4 is 11.9 Å². The molecule has 0 saturated carbocycles. The summed E-state index contributed by atoms with van der Waals surface area (Å²) >= 11 is 0. The number of aryl methyl sites for hydroxylation is 1. The number of methoxy groups -OCH3 is 2. The van der Waals surface area contributed by atoms with E-state index in [1.54, 1.807) is 12.1 Å². The second-order valence-corrected chi connectivity index (χ2v) is 5.70. The van der Waals surface area contributed by atoms with Crippen molar-refractivity contribution in [1.29, 1.82) is 0 Å². The highest BCUT2D eigenvalue weighted by atomic mass is 16.5. The molecule has 22 heavy (non-hydrogen) atoms. The highest BCUT2D eigenvalue weighted by Gasteiger charge is 2.39. The summed E-state index contributed by atoms with van der Waals surface area (Å²) < 4.78 is 15.7. The predicted molar refractivity (Wildman–Crippen MR) is 78.3 cm³/mol. The molecule has 0 aromatic heterocycles. The SMILES string of the molecule is COC(=O)c1cc2c(cc1C(=O)OC)OC1(CCNC1)CC2. The van der Waals surface area contributed by atoms with Gasteiger partial charge in [0.15, 0.2) is 0 Å². The first-order valence-electron chi connectivity index (χ1n) is 7.32. The molecule has 0 aliphatic carbocycles. The molecule has 6 nitrogen and oxygen atoms in total. The lowest BCUT2D eigenvalue weighted by molar-refractivity contribution is 0.0543. The van der Waals surface area contributed by atoms with Gasteiger partial charge in [0.25, 0.3) is 0 Å². The minimum absolute atomic E-state index is 0.177. The molecule has 1 N–H and O–H groups in total. The maximum Gasteiger partial charge on any atom is 0.338 e. The van der Waals surface area contributed by atoms with E-state index in [1.807, 2.05) is 0 Å². The average Bonchev–Trinajstić information content (AvgIpc) is 3.00. The maximum absolute atomic E-state index is 12.0. The average molecular weight is 305 g/mol. The number of carbonyl (C=O) groups is 2. The summed E-state index contributed by atoms with van der Waals surface area (Å²) in [5, 5.41) is 3.31. The molecule has 1 atom stereocenters. The van der Waals surface area contributed by atoms with Gasteiger partial charge in [0.2, 0.25) is 0 Å². The van der Waals surface area contributed by atoms with Crippen LogP contribution in [0.3, 0.4) is 0 Å². The van der Waals surface area contributed by atoms with Crippen molar-refractivity contribution in [2.45, 2.75) is 24.9 Å². The molecule has 6 heteroatoms. The zero-order chi connectivity index (χ0) is 15.7. The first-order chi connectivity index (χ1) is 10.6. The molecular weight excluding hydrogens is 286 g/mol. The Hall–Kier alpha value is -2.08. The van der Waals surface area contributed by atoms with Gasteiger partial charge >= 0.3 is 11.9 Å². The van der Waals surface area contributed by atoms with Crippen LogP contribution in [0.1, 0.15) is 39.1 Å². The fourth-order valence-electron chi connectivity index (χ4n) is 3.14. The smallest absolute Gasteiger partial charge is 0.338 e. The zero-order valence-electron chi connectivity index (χ0n) is 12.7. The van der Waals surface area contributed by atoms with Crippen molar-refractivity contribution < 1.29 is 23.8 Å². The first-order valence-corrected chi connectivity index (χ1v) is 7.32. The van der Waals surface area contributed by atoms with Crippen molar-refractivity contribution in [3.63, 3.8) is 0 Å². The van der Waals surface area contributed by atoms with Crippen LogP contribution < -0.4 is 10.1 Å². The minimum Gasteiger partial charge on any atom is -0.486 e. The number of esters is 2. The number of benzene rings is 1. The summed E-state index contributed by atoms with van der Waals surface area (Å²) in [7, 11) is 2.57. The number of nitrogens with one attached hydrogen (secondary N) is 1. The van der Waals surface area contributed by atoms with Crippen LogP contribution in [0, 0.1) is 0 Å². The predicted octanol–water partition coefficient (Wildman–Crippen LogP) is 1.32. The van der Waals surface area contributed by atoms with E-state index in [2.05, 4.69) is 5.32 Å². The molecule has 1 fully saturated rings. The van der Waals surface area contributed by atoms with Crippen molar-refractivity contribution in [3.8, 4) is 5.75 Å². The molecule has 2 aliphatic rings. The third-order valence-corrected chi connectivity index (χ3v) is 4.39. The third-order valence-electron chi connectivity index (χ3n) is 4.39. The summed E-state index contributed by atoms with van der Waals surface area (Å²) in [5.41, 5.74) is 1.12. The van der Waals surface area contributed by atoms with Gasteiger partial charge in [-0.05, 0) is 37.1 Å². The number of hydrogen-bond donors (Lipinski definition) is 1. The Labute approximate surface area is 128 Å². The number of rotatable bonds is 2. The lowest BCUT2D eigenvalue weighted by atomic mass is 9.88. The van der Waals surface area contributed by atoms with Gasteiger partial charge in [0, 0.05) is 13.0 Å². The van der Waals surface area contributed by atoms with Gasteiger partial charge in [-0.2, -0.15) is 0 Å². The van der Waals surface area contributed by atoms with Crippen LogP contribution in [0.2, 0.25) is 0 Å². The van der Waals surface area contributed by atoms with Crippen LogP contribution in [-0.2, 0) is 15.9 Å². The highest BCUT2D eigenvalue weighted by molar-refractivity contribution is 6.03. The molecule has 1 saturated heterocycles. The standard InChI is InChI=1S/C16H19NO5/c1-20-14(18)11-7-10-3-4-16(5-6-17-9-16)22-13(10)8-12(11)15(19)21-2/h7-8,17H,3-6,9H2,1-2H3. The van der Waals surface area contributed by atoms with Crippen molar-refractivity contribution in [2.24, 2.45) is 0 Å². The molecule has 1 aromatic carbocycles. The second-order valence-electron chi connectivity index (χ2n) is 5.70. The molecule has 0 radical (unpaired) electrons. The van der Waals surface area contributed by atoms with E-state index in [0.29, 0.717) is 5.75 Å². The molecule has 0 bridgehead atoms. The molecule has 2 heterocycles. The molecule has 1 spiro atoms. The zero-order valence-corrected chi connectivity index (χ0v) is 12.7. The summed E-state index contributed by atoms with van der Waals surface area (Å²) in [6.45, 7) is 1.73. The van der Waals surface area contributed by atoms with E-state index < -0.39 is 11.9 Å². The molecule has 3 rings (SSSR count). The molecule has 118 valence electrons. The maximum atomic E-state index is 12.0. The van der Waals surface area contributed by atoms with E-state index in [1.165, 1.54) is 14.2 Å². The Balaban J connectivity index is 2.03. The highest BCUT2D eigenvalue weighted by Crippen LogP contribution is 2.38. The van der Waals surface area contributed by atoms with Crippen LogP contribution in [-0.4, -0.2) is 44.8 Å². The van der Waals surface area contributed by atoms with E-state index in [-0.39, 0.29) is 16.7 Å². The van der Waals surface area contributed by atoms with Crippen molar-refractivity contribution in [2.75, 3.05) is 27.3 Å². The molecule has 0 amide bonds. The second kappa shape index (κ2) is 5.61. The van der Waals surface area contributed by atoms with E-state index in [9.17, 15) is 9.59 Å². The molecule has 1 aromatic rings. The molecular formula is C16H19NO5. The fraction of sp³-hybridized carbons (Fsp3) is 0.500. The monoisotopic (exact) mass is 305 g/mol. The largest absolute Gasteiger partial charge is 0.486 e. The van der Waals surface area contributed by atoms with Crippen molar-refractivity contribution in [1.82, 2.24) is 5.32 Å². The lowest BCUT2D eigenvalue weighted by Gasteiger charge is -2.35. The summed E-state index contributed by atoms with van der Waals surface area (Å²) in [6, 6.07) is 3.29. The van der Waals surface area contributed by atoms with Crippen LogP contribution in [0.25, 0.3) is 0 Å². The lowest BCUT2D eigenvalue weighted by Crippen LogP contribution is -2.41. The Kier molecular flexibility index (Phi) is 3.78. The molecule has 1 unspecified atom stereocenters. The quantitative estimate of drug-likeness (QED) is 0.831. The van der Waals surface area contributed by atoms with Gasteiger partial charge in [0.1, 0.15) is 11.4 Å². The summed E-state index contributed by atoms with van der Waals surface area (Å²) in [5.74, 6) is -0.468. The Morgan fingerprint density at radius 3 is 2.41 bits per heavy atom. The Morgan fingerprint density at radius 1 is 1.14 bits per heavy atom. The first kappa shape index (κ1) is 14.8. The van der Waals surface area contributed by atoms with Crippen LogP contribution in [0.5, 0.6) is 5.75 Å². The van der Waals surface area contributed by atoms with Crippen LogP contribution in [0.15, 0.2) is 12.1 Å². The minimum atomic E-state index is -0.573. The van der Waals surface area contributed by atoms with Gasteiger partial charge in [-0.15, -0.1) is 0 Å². The molecule has 2 aliphatic heterocycles. The van der Waals surface area contributed by atoms with Crippen molar-refractivity contribution in [3.05, 3.63) is 28.8 Å². The van der Waals surface area contributed by atoms with E-state index in [0.717, 1.165) is 37.9 Å². The van der Waals surface area contributed by atoms with Crippen LogP contribution in [0.4, 0.5) is 0 Å². The van der Waals surface area contributed by atoms with E-state index >= 15 is 0 Å². The summed E-state index contributed by atoms with van der Waals surface area (Å²) in [6.07, 6.45) is 2.65. The van der Waals surface area contributed by atoms with Gasteiger partial charge in [-0.25, -0.2) is 9.59 Å². The normalized spacial score (nSPS) is 22.8. The third kappa shape index (κ3) is 2.43. The Morgan fingerprint density at radius 2 is 1.82 bits per heavy atom. The number of carbonyl (C=O) groups excluding carboxylic acids is 2. The fourth-order valence-corrected chi connectivity index (χ4v) is 3.14. The van der Waals surface area contributed by atoms with Crippen LogP contribution >= 0.6 is 0 Å². The Bertz CT molecular complexity index is 619. The number of hydrogen-bond acceptors (Lipinski definition) is 6.